The molecule has 1 amide bonds. The van der Waals surface area contributed by atoms with Crippen LogP contribution in [0.4, 0.5) is 14.5 Å². The van der Waals surface area contributed by atoms with Gasteiger partial charge in [-0.2, -0.15) is 0 Å². The maximum absolute atomic E-state index is 13.4. The van der Waals surface area contributed by atoms with Crippen molar-refractivity contribution in [1.29, 1.82) is 0 Å². The number of carbonyl (C=O) groups is 1. The first-order valence-electron chi connectivity index (χ1n) is 5.74. The predicted molar refractivity (Wildman–Crippen MR) is 73.4 cm³/mol. The van der Waals surface area contributed by atoms with Crippen molar-refractivity contribution in [3.63, 3.8) is 0 Å². The molecule has 104 valence electrons. The Labute approximate surface area is 119 Å². The van der Waals surface area contributed by atoms with Gasteiger partial charge in [0.15, 0.2) is 0 Å². The number of nitrogens with one attached hydrogen (secondary N) is 1. The largest absolute Gasteiger partial charge is 0.398 e. The van der Waals surface area contributed by atoms with Gasteiger partial charge in [-0.05, 0) is 36.4 Å². The minimum absolute atomic E-state index is 0.0697. The molecule has 2 aromatic carbocycles. The number of rotatable bonds is 3. The number of hydrogen-bond donors (Lipinski definition) is 2. The summed E-state index contributed by atoms with van der Waals surface area (Å²) in [4.78, 5) is 11.9. The van der Waals surface area contributed by atoms with Gasteiger partial charge in [0.05, 0.1) is 10.7 Å². The molecule has 0 aliphatic heterocycles. The van der Waals surface area contributed by atoms with Crippen LogP contribution in [0, 0.1) is 11.6 Å². The molecular formula is C14H11ClF2N2O. The number of nitrogens with two attached hydrogens (primary N) is 1. The Balaban J connectivity index is 2.08. The van der Waals surface area contributed by atoms with E-state index in [1.165, 1.54) is 18.2 Å². The van der Waals surface area contributed by atoms with E-state index >= 15 is 0 Å². The SMILES string of the molecule is Nc1cc(C(=O)NCc2cc(F)ccc2F)ccc1Cl. The van der Waals surface area contributed by atoms with Gasteiger partial charge in [-0.3, -0.25) is 4.79 Å². The van der Waals surface area contributed by atoms with Crippen LogP contribution in [-0.2, 0) is 6.54 Å². The van der Waals surface area contributed by atoms with Crippen molar-refractivity contribution in [2.45, 2.75) is 6.54 Å². The lowest BCUT2D eigenvalue weighted by Gasteiger charge is -2.07. The topological polar surface area (TPSA) is 55.1 Å². The second-order valence-electron chi connectivity index (χ2n) is 4.15. The molecule has 0 unspecified atom stereocenters. The maximum Gasteiger partial charge on any atom is 0.251 e. The summed E-state index contributed by atoms with van der Waals surface area (Å²) >= 11 is 5.75. The highest BCUT2D eigenvalue weighted by atomic mass is 35.5. The van der Waals surface area contributed by atoms with E-state index in [1.54, 1.807) is 0 Å². The van der Waals surface area contributed by atoms with E-state index < -0.39 is 17.5 Å². The highest BCUT2D eigenvalue weighted by Gasteiger charge is 2.09. The van der Waals surface area contributed by atoms with Gasteiger partial charge in [-0.25, -0.2) is 8.78 Å². The number of halogens is 3. The quantitative estimate of drug-likeness (QED) is 0.855. The van der Waals surface area contributed by atoms with Crippen molar-refractivity contribution < 1.29 is 13.6 Å². The molecule has 3 N–H and O–H groups in total. The number of benzene rings is 2. The van der Waals surface area contributed by atoms with Crippen molar-refractivity contribution in [2.75, 3.05) is 5.73 Å². The zero-order valence-electron chi connectivity index (χ0n) is 10.3. The van der Waals surface area contributed by atoms with Gasteiger partial charge in [-0.1, -0.05) is 11.6 Å². The summed E-state index contributed by atoms with van der Waals surface area (Å²) in [6.07, 6.45) is 0. The minimum atomic E-state index is -0.581. The van der Waals surface area contributed by atoms with Gasteiger partial charge < -0.3 is 11.1 Å². The fraction of sp³-hybridized carbons (Fsp3) is 0.0714. The van der Waals surface area contributed by atoms with Crippen LogP contribution in [0.1, 0.15) is 15.9 Å². The van der Waals surface area contributed by atoms with Crippen molar-refractivity contribution in [2.24, 2.45) is 0 Å². The highest BCUT2D eigenvalue weighted by molar-refractivity contribution is 6.33. The third-order valence-electron chi connectivity index (χ3n) is 2.71. The lowest BCUT2D eigenvalue weighted by molar-refractivity contribution is 0.0950. The zero-order chi connectivity index (χ0) is 14.7. The Morgan fingerprint density at radius 3 is 2.65 bits per heavy atom. The Hall–Kier alpha value is -2.14. The van der Waals surface area contributed by atoms with Crippen molar-refractivity contribution in [3.8, 4) is 0 Å². The molecule has 0 radical (unpaired) electrons. The van der Waals surface area contributed by atoms with Crippen LogP contribution in [0.25, 0.3) is 0 Å². The third-order valence-corrected chi connectivity index (χ3v) is 3.05. The molecule has 0 atom stereocenters. The van der Waals surface area contributed by atoms with Crippen LogP contribution in [0.15, 0.2) is 36.4 Å². The first-order valence-corrected chi connectivity index (χ1v) is 6.12. The van der Waals surface area contributed by atoms with E-state index in [9.17, 15) is 13.6 Å². The Kier molecular flexibility index (Phi) is 4.20. The van der Waals surface area contributed by atoms with Gasteiger partial charge in [-0.15, -0.1) is 0 Å². The lowest BCUT2D eigenvalue weighted by Crippen LogP contribution is -2.23. The second-order valence-corrected chi connectivity index (χ2v) is 4.56. The molecule has 0 heterocycles. The van der Waals surface area contributed by atoms with Crippen LogP contribution < -0.4 is 11.1 Å². The van der Waals surface area contributed by atoms with Crippen LogP contribution >= 0.6 is 11.6 Å². The fourth-order valence-electron chi connectivity index (χ4n) is 1.64. The molecule has 0 bridgehead atoms. The normalized spacial score (nSPS) is 10.3. The Morgan fingerprint density at radius 1 is 1.20 bits per heavy atom. The average Bonchev–Trinajstić information content (AvgIpc) is 2.42. The number of nitrogen functional groups attached to an aromatic ring is 1. The molecular weight excluding hydrogens is 286 g/mol. The molecule has 2 aromatic rings. The zero-order valence-corrected chi connectivity index (χ0v) is 11.0. The molecule has 2 rings (SSSR count). The van der Waals surface area contributed by atoms with Crippen LogP contribution in [0.5, 0.6) is 0 Å². The van der Waals surface area contributed by atoms with E-state index in [1.807, 2.05) is 0 Å². The van der Waals surface area contributed by atoms with E-state index in [-0.39, 0.29) is 17.8 Å². The molecule has 6 heteroatoms. The van der Waals surface area contributed by atoms with Gasteiger partial charge in [0.1, 0.15) is 11.6 Å². The molecule has 0 aliphatic rings. The summed E-state index contributed by atoms with van der Waals surface area (Å²) in [5, 5.41) is 2.83. The third kappa shape index (κ3) is 3.24. The fourth-order valence-corrected chi connectivity index (χ4v) is 1.76. The van der Waals surface area contributed by atoms with Gasteiger partial charge >= 0.3 is 0 Å². The smallest absolute Gasteiger partial charge is 0.251 e. The molecule has 20 heavy (non-hydrogen) atoms. The summed E-state index contributed by atoms with van der Waals surface area (Å²) in [5.74, 6) is -1.59. The lowest BCUT2D eigenvalue weighted by atomic mass is 10.1. The maximum atomic E-state index is 13.4. The molecule has 0 saturated heterocycles. The van der Waals surface area contributed by atoms with E-state index in [4.69, 9.17) is 17.3 Å². The molecule has 3 nitrogen and oxygen atoms in total. The summed E-state index contributed by atoms with van der Waals surface area (Å²) < 4.78 is 26.4. The average molecular weight is 297 g/mol. The van der Waals surface area contributed by atoms with E-state index in [2.05, 4.69) is 5.32 Å². The summed E-state index contributed by atoms with van der Waals surface area (Å²) in [5.41, 5.74) is 6.23. The monoisotopic (exact) mass is 296 g/mol. The standard InChI is InChI=1S/C14H11ClF2N2O/c15-11-3-1-8(6-13(11)18)14(20)19-7-9-5-10(16)2-4-12(9)17/h1-6H,7,18H2,(H,19,20). The van der Waals surface area contributed by atoms with Gasteiger partial charge in [0, 0.05) is 17.7 Å². The number of carbonyl (C=O) groups excluding carboxylic acids is 1. The number of amides is 1. The Morgan fingerprint density at radius 2 is 1.95 bits per heavy atom. The van der Waals surface area contributed by atoms with Crippen LogP contribution in [-0.4, -0.2) is 5.91 Å². The number of hydrogen-bond acceptors (Lipinski definition) is 2. The van der Waals surface area contributed by atoms with E-state index in [0.29, 0.717) is 10.6 Å². The van der Waals surface area contributed by atoms with Crippen molar-refractivity contribution >= 4 is 23.2 Å². The molecule has 0 aromatic heterocycles. The highest BCUT2D eigenvalue weighted by Crippen LogP contribution is 2.19. The first-order chi connectivity index (χ1) is 9.47. The Bertz CT molecular complexity index is 662. The van der Waals surface area contributed by atoms with E-state index in [0.717, 1.165) is 18.2 Å². The van der Waals surface area contributed by atoms with Gasteiger partial charge in [0.25, 0.3) is 5.91 Å². The molecule has 0 fully saturated rings. The van der Waals surface area contributed by atoms with Crippen LogP contribution in [0.2, 0.25) is 5.02 Å². The summed E-state index contributed by atoms with van der Waals surface area (Å²) in [7, 11) is 0. The summed E-state index contributed by atoms with van der Waals surface area (Å²) in [6, 6.07) is 7.47. The van der Waals surface area contributed by atoms with Crippen LogP contribution in [0.3, 0.4) is 0 Å². The molecule has 0 spiro atoms. The predicted octanol–water partition coefficient (Wildman–Crippen LogP) is 3.13. The minimum Gasteiger partial charge on any atom is -0.398 e. The first kappa shape index (κ1) is 14.3. The van der Waals surface area contributed by atoms with Crippen molar-refractivity contribution in [3.05, 3.63) is 64.2 Å². The summed E-state index contributed by atoms with van der Waals surface area (Å²) in [6.45, 7) is -0.120. The van der Waals surface area contributed by atoms with Gasteiger partial charge in [0.2, 0.25) is 0 Å². The van der Waals surface area contributed by atoms with Crippen molar-refractivity contribution in [1.82, 2.24) is 5.32 Å². The molecule has 0 saturated carbocycles. The second kappa shape index (κ2) is 5.88. The number of anilines is 1. The molecule has 0 aliphatic carbocycles.